The first-order chi connectivity index (χ1) is 8.36. The lowest BCUT2D eigenvalue weighted by molar-refractivity contribution is -0.186. The summed E-state index contributed by atoms with van der Waals surface area (Å²) in [5.74, 6) is -2.24. The van der Waals surface area contributed by atoms with Crippen molar-refractivity contribution in [3.8, 4) is 0 Å². The molecule has 0 aliphatic heterocycles. The molecule has 18 heavy (non-hydrogen) atoms. The van der Waals surface area contributed by atoms with Gasteiger partial charge >= 0.3 is 6.18 Å². The standard InChI is InChI=1S/C12H18F3NO2/c13-12(14,15)9-3-1-2-8(6-9)10(18)16-11(7-17)4-5-11/h8-9,17H,1-7H2,(H,16,18). The molecule has 0 spiro atoms. The van der Waals surface area contributed by atoms with Crippen LogP contribution >= 0.6 is 0 Å². The summed E-state index contributed by atoms with van der Waals surface area (Å²) in [4.78, 5) is 11.9. The van der Waals surface area contributed by atoms with Crippen LogP contribution in [0.15, 0.2) is 0 Å². The van der Waals surface area contributed by atoms with Crippen molar-refractivity contribution >= 4 is 5.91 Å². The summed E-state index contributed by atoms with van der Waals surface area (Å²) in [6.45, 7) is -0.131. The van der Waals surface area contributed by atoms with Gasteiger partial charge in [0.05, 0.1) is 18.1 Å². The van der Waals surface area contributed by atoms with Crippen molar-refractivity contribution in [2.45, 2.75) is 50.2 Å². The van der Waals surface area contributed by atoms with Crippen molar-refractivity contribution in [3.05, 3.63) is 0 Å². The highest BCUT2D eigenvalue weighted by Crippen LogP contribution is 2.41. The molecule has 1 amide bonds. The third-order valence-electron chi connectivity index (χ3n) is 4.05. The summed E-state index contributed by atoms with van der Waals surface area (Å²) in [6, 6.07) is 0. The maximum absolute atomic E-state index is 12.6. The molecule has 0 saturated heterocycles. The van der Waals surface area contributed by atoms with E-state index in [0.717, 1.165) is 0 Å². The predicted molar refractivity (Wildman–Crippen MR) is 58.7 cm³/mol. The first-order valence-corrected chi connectivity index (χ1v) is 6.36. The number of rotatable bonds is 3. The van der Waals surface area contributed by atoms with Gasteiger partial charge in [-0.05, 0) is 32.1 Å². The smallest absolute Gasteiger partial charge is 0.391 e. The zero-order valence-corrected chi connectivity index (χ0v) is 10.1. The first-order valence-electron chi connectivity index (χ1n) is 6.36. The van der Waals surface area contributed by atoms with Gasteiger partial charge < -0.3 is 10.4 Å². The van der Waals surface area contributed by atoms with Gasteiger partial charge in [0.25, 0.3) is 0 Å². The first kappa shape index (κ1) is 13.6. The molecule has 6 heteroatoms. The summed E-state index contributed by atoms with van der Waals surface area (Å²) in [5, 5.41) is 11.8. The minimum atomic E-state index is -4.20. The van der Waals surface area contributed by atoms with E-state index >= 15 is 0 Å². The van der Waals surface area contributed by atoms with Gasteiger partial charge in [-0.25, -0.2) is 0 Å². The van der Waals surface area contributed by atoms with Gasteiger partial charge in [0.2, 0.25) is 5.91 Å². The quantitative estimate of drug-likeness (QED) is 0.820. The molecule has 0 aromatic carbocycles. The van der Waals surface area contributed by atoms with E-state index in [9.17, 15) is 18.0 Å². The summed E-state index contributed by atoms with van der Waals surface area (Å²) in [5.41, 5.74) is -0.539. The average Bonchev–Trinajstić information content (AvgIpc) is 3.08. The molecule has 104 valence electrons. The number of hydrogen-bond donors (Lipinski definition) is 2. The largest absolute Gasteiger partial charge is 0.394 e. The minimum Gasteiger partial charge on any atom is -0.394 e. The molecular weight excluding hydrogens is 247 g/mol. The second kappa shape index (κ2) is 4.72. The second-order valence-corrected chi connectivity index (χ2v) is 5.53. The van der Waals surface area contributed by atoms with Crippen LogP contribution in [0.2, 0.25) is 0 Å². The highest BCUT2D eigenvalue weighted by Gasteiger charge is 2.47. The number of amides is 1. The highest BCUT2D eigenvalue weighted by molar-refractivity contribution is 5.80. The summed E-state index contributed by atoms with van der Waals surface area (Å²) in [7, 11) is 0. The van der Waals surface area contributed by atoms with Gasteiger partial charge in [0, 0.05) is 5.92 Å². The van der Waals surface area contributed by atoms with Crippen LogP contribution in [-0.2, 0) is 4.79 Å². The third kappa shape index (κ3) is 2.96. The van der Waals surface area contributed by atoms with Crippen LogP contribution in [0, 0.1) is 11.8 Å². The molecule has 2 unspecified atom stereocenters. The zero-order valence-electron chi connectivity index (χ0n) is 10.1. The molecular formula is C12H18F3NO2. The Balaban J connectivity index is 1.90. The molecule has 0 heterocycles. The molecule has 0 bridgehead atoms. The lowest BCUT2D eigenvalue weighted by atomic mass is 9.80. The molecule has 2 fully saturated rings. The van der Waals surface area contributed by atoms with E-state index in [-0.39, 0.29) is 25.4 Å². The fourth-order valence-corrected chi connectivity index (χ4v) is 2.56. The number of alkyl halides is 3. The molecule has 2 rings (SSSR count). The van der Waals surface area contributed by atoms with Gasteiger partial charge in [-0.3, -0.25) is 4.79 Å². The SMILES string of the molecule is O=C(NC1(CO)CC1)C1CCCC(C(F)(F)F)C1. The number of halogens is 3. The average molecular weight is 265 g/mol. The Morgan fingerprint density at radius 2 is 2.00 bits per heavy atom. The van der Waals surface area contributed by atoms with Crippen molar-refractivity contribution in [2.75, 3.05) is 6.61 Å². The van der Waals surface area contributed by atoms with Crippen molar-refractivity contribution in [1.29, 1.82) is 0 Å². The van der Waals surface area contributed by atoms with Crippen molar-refractivity contribution in [1.82, 2.24) is 5.32 Å². The third-order valence-corrected chi connectivity index (χ3v) is 4.05. The van der Waals surface area contributed by atoms with Gasteiger partial charge in [0.15, 0.2) is 0 Å². The Morgan fingerprint density at radius 1 is 1.33 bits per heavy atom. The fourth-order valence-electron chi connectivity index (χ4n) is 2.56. The van der Waals surface area contributed by atoms with Gasteiger partial charge in [-0.1, -0.05) is 6.42 Å². The van der Waals surface area contributed by atoms with Crippen LogP contribution in [0.5, 0.6) is 0 Å². The predicted octanol–water partition coefficient (Wildman–Crippen LogP) is 2.00. The maximum atomic E-state index is 12.6. The topological polar surface area (TPSA) is 49.3 Å². The van der Waals surface area contributed by atoms with Crippen LogP contribution in [0.3, 0.4) is 0 Å². The minimum absolute atomic E-state index is 0.114. The Labute approximate surface area is 104 Å². The van der Waals surface area contributed by atoms with Crippen molar-refractivity contribution in [3.63, 3.8) is 0 Å². The van der Waals surface area contributed by atoms with E-state index < -0.39 is 23.6 Å². The number of carbonyl (C=O) groups excluding carboxylic acids is 1. The molecule has 2 saturated carbocycles. The van der Waals surface area contributed by atoms with E-state index in [4.69, 9.17) is 5.11 Å². The second-order valence-electron chi connectivity index (χ2n) is 5.53. The van der Waals surface area contributed by atoms with E-state index in [1.807, 2.05) is 0 Å². The molecule has 0 aromatic heterocycles. The van der Waals surface area contributed by atoms with E-state index in [1.165, 1.54) is 0 Å². The van der Waals surface area contributed by atoms with Gasteiger partial charge in [-0.15, -0.1) is 0 Å². The molecule has 2 aliphatic carbocycles. The number of carbonyl (C=O) groups is 1. The summed E-state index contributed by atoms with van der Waals surface area (Å²) >= 11 is 0. The molecule has 3 nitrogen and oxygen atoms in total. The Morgan fingerprint density at radius 3 is 2.50 bits per heavy atom. The van der Waals surface area contributed by atoms with Crippen molar-refractivity contribution < 1.29 is 23.1 Å². The number of hydrogen-bond acceptors (Lipinski definition) is 2. The maximum Gasteiger partial charge on any atom is 0.391 e. The molecule has 0 aromatic rings. The van der Waals surface area contributed by atoms with Crippen LogP contribution in [0.1, 0.15) is 38.5 Å². The van der Waals surface area contributed by atoms with Crippen molar-refractivity contribution in [2.24, 2.45) is 11.8 Å². The molecule has 2 atom stereocenters. The highest BCUT2D eigenvalue weighted by atomic mass is 19.4. The summed E-state index contributed by atoms with van der Waals surface area (Å²) < 4.78 is 37.9. The number of aliphatic hydroxyl groups is 1. The normalized spacial score (nSPS) is 30.9. The van der Waals surface area contributed by atoms with Crippen LogP contribution < -0.4 is 5.32 Å². The van der Waals surface area contributed by atoms with E-state index in [1.54, 1.807) is 0 Å². The van der Waals surface area contributed by atoms with Gasteiger partial charge in [-0.2, -0.15) is 13.2 Å². The van der Waals surface area contributed by atoms with E-state index in [0.29, 0.717) is 25.7 Å². The molecule has 2 N–H and O–H groups in total. The Hall–Kier alpha value is -0.780. The zero-order chi connectivity index (χ0) is 13.4. The number of nitrogens with one attached hydrogen (secondary N) is 1. The van der Waals surface area contributed by atoms with Crippen LogP contribution in [0.4, 0.5) is 13.2 Å². The molecule has 2 aliphatic rings. The number of aliphatic hydroxyl groups excluding tert-OH is 1. The lowest BCUT2D eigenvalue weighted by Crippen LogP contribution is -2.45. The van der Waals surface area contributed by atoms with Crippen LogP contribution in [-0.4, -0.2) is 29.3 Å². The van der Waals surface area contributed by atoms with Crippen LogP contribution in [0.25, 0.3) is 0 Å². The Kier molecular flexibility index (Phi) is 3.58. The monoisotopic (exact) mass is 265 g/mol. The van der Waals surface area contributed by atoms with E-state index in [2.05, 4.69) is 5.32 Å². The fraction of sp³-hybridized carbons (Fsp3) is 0.917. The lowest BCUT2D eigenvalue weighted by Gasteiger charge is -2.30. The Bertz CT molecular complexity index is 326. The molecule has 0 radical (unpaired) electrons. The summed E-state index contributed by atoms with van der Waals surface area (Å²) in [6.07, 6.45) is -1.81. The van der Waals surface area contributed by atoms with Gasteiger partial charge in [0.1, 0.15) is 0 Å².